The fourth-order valence-electron chi connectivity index (χ4n) is 0.694. The van der Waals surface area contributed by atoms with Gasteiger partial charge in [0.2, 0.25) is 5.91 Å². The molecule has 0 saturated carbocycles. The van der Waals surface area contributed by atoms with E-state index in [9.17, 15) is 9.36 Å². The number of likely N-dealkylation sites (N-methyl/N-ethyl adjacent to an activating group) is 1. The van der Waals surface area contributed by atoms with Gasteiger partial charge in [0.15, 0.2) is 0 Å². The van der Waals surface area contributed by atoms with E-state index in [0.29, 0.717) is 0 Å². The monoisotopic (exact) mass is 237 g/mol. The van der Waals surface area contributed by atoms with Gasteiger partial charge in [-0.3, -0.25) is 9.36 Å². The lowest BCUT2D eigenvalue weighted by Gasteiger charge is -2.15. The van der Waals surface area contributed by atoms with Gasteiger partial charge in [-0.1, -0.05) is 0 Å². The van der Waals surface area contributed by atoms with Crippen LogP contribution in [-0.2, 0) is 13.9 Å². The van der Waals surface area contributed by atoms with E-state index in [1.807, 2.05) is 0 Å². The molecule has 0 aromatic heterocycles. The number of aliphatic hydroxyl groups excluding tert-OH is 2. The second kappa shape index (κ2) is 5.90. The summed E-state index contributed by atoms with van der Waals surface area (Å²) in [5.74, 6) is -0.227. The summed E-state index contributed by atoms with van der Waals surface area (Å²) in [6.07, 6.45) is -0.381. The van der Waals surface area contributed by atoms with Crippen molar-refractivity contribution in [1.82, 2.24) is 4.90 Å². The second-order valence-corrected chi connectivity index (χ2v) is 5.55. The first-order chi connectivity index (χ1) is 6.84. The number of allylic oxidation sites excluding steroid dienone is 1. The number of hydrogen-bond donors (Lipinski definition) is 2. The predicted molar refractivity (Wildman–Crippen MR) is 55.3 cm³/mol. The van der Waals surface area contributed by atoms with Gasteiger partial charge in [-0.2, -0.15) is 0 Å². The highest BCUT2D eigenvalue weighted by atomic mass is 31.2. The van der Waals surface area contributed by atoms with Gasteiger partial charge in [0.05, 0.1) is 0 Å². The minimum Gasteiger partial charge on any atom is -0.445 e. The maximum Gasteiger partial charge on any atom is 0.296 e. The number of hydrogen-bond acceptors (Lipinski definition) is 5. The first-order valence-electron chi connectivity index (χ1n) is 4.23. The lowest BCUT2D eigenvalue weighted by Crippen LogP contribution is -2.19. The minimum atomic E-state index is -3.45. The molecule has 0 spiro atoms. The van der Waals surface area contributed by atoms with Gasteiger partial charge in [0.25, 0.3) is 7.37 Å². The highest BCUT2D eigenvalue weighted by Crippen LogP contribution is 2.46. The fraction of sp³-hybridized carbons (Fsp3) is 0.625. The average Bonchev–Trinajstić information content (AvgIpc) is 2.17. The maximum absolute atomic E-state index is 11.4. The van der Waals surface area contributed by atoms with Gasteiger partial charge in [-0.05, 0) is 6.92 Å². The van der Waals surface area contributed by atoms with Crippen molar-refractivity contribution >= 4 is 13.3 Å². The van der Waals surface area contributed by atoms with E-state index >= 15 is 0 Å². The van der Waals surface area contributed by atoms with Crippen LogP contribution in [0.3, 0.4) is 0 Å². The third-order valence-electron chi connectivity index (χ3n) is 1.51. The topological polar surface area (TPSA) is 87.1 Å². The van der Waals surface area contributed by atoms with Crippen LogP contribution in [0.5, 0.6) is 0 Å². The molecule has 0 aromatic rings. The van der Waals surface area contributed by atoms with Crippen molar-refractivity contribution in [3.8, 4) is 0 Å². The molecule has 0 radical (unpaired) electrons. The Morgan fingerprint density at radius 1 is 1.40 bits per heavy atom. The van der Waals surface area contributed by atoms with Crippen LogP contribution in [0.25, 0.3) is 0 Å². The van der Waals surface area contributed by atoms with Crippen molar-refractivity contribution < 1.29 is 24.1 Å². The molecule has 0 aliphatic rings. The lowest BCUT2D eigenvalue weighted by atomic mass is 10.4. The van der Waals surface area contributed by atoms with Gasteiger partial charge in [0, 0.05) is 20.2 Å². The minimum absolute atomic E-state index is 0.0973. The maximum atomic E-state index is 11.4. The molecule has 7 heteroatoms. The largest absolute Gasteiger partial charge is 0.445 e. The normalized spacial score (nSPS) is 12.5. The third kappa shape index (κ3) is 4.97. The number of carbonyl (C=O) groups is 1. The Bertz CT molecular complexity index is 291. The van der Waals surface area contributed by atoms with Gasteiger partial charge in [-0.25, -0.2) is 0 Å². The molecule has 0 aromatic carbocycles. The summed E-state index contributed by atoms with van der Waals surface area (Å²) in [5, 5.41) is 17.4. The molecule has 88 valence electrons. The van der Waals surface area contributed by atoms with Crippen LogP contribution in [-0.4, -0.2) is 47.8 Å². The number of amides is 1. The summed E-state index contributed by atoms with van der Waals surface area (Å²) in [6.45, 7) is 1.43. The molecular formula is C8H16NO5P. The molecule has 1 amide bonds. The van der Waals surface area contributed by atoms with Crippen LogP contribution in [0.1, 0.15) is 6.92 Å². The smallest absolute Gasteiger partial charge is 0.296 e. The highest BCUT2D eigenvalue weighted by Gasteiger charge is 2.22. The van der Waals surface area contributed by atoms with Crippen molar-refractivity contribution in [2.45, 2.75) is 6.92 Å². The molecule has 0 aliphatic carbocycles. The van der Waals surface area contributed by atoms with Crippen LogP contribution in [0.2, 0.25) is 0 Å². The Morgan fingerprint density at radius 3 is 2.20 bits per heavy atom. The highest BCUT2D eigenvalue weighted by molar-refractivity contribution is 7.58. The number of nitrogens with zero attached hydrogens (tertiary/aromatic N) is 1. The molecule has 0 heterocycles. The number of carbonyl (C=O) groups excluding carboxylic acids is 1. The molecule has 0 bridgehead atoms. The summed E-state index contributed by atoms with van der Waals surface area (Å²) in [5.41, 5.74) is 0. The molecule has 15 heavy (non-hydrogen) atoms. The van der Waals surface area contributed by atoms with Crippen molar-refractivity contribution in [2.75, 3.05) is 26.8 Å². The second-order valence-electron chi connectivity index (χ2n) is 3.18. The standard InChI is InChI=1S/C8H16NO5P/c1-7(4-8(12)9(2)3)14-15(13,5-10)6-11/h4,10-11H,5-6H2,1-3H3. The van der Waals surface area contributed by atoms with Crippen molar-refractivity contribution in [3.05, 3.63) is 11.8 Å². The summed E-state index contributed by atoms with van der Waals surface area (Å²) in [6, 6.07) is 0. The Balaban J connectivity index is 4.55. The van der Waals surface area contributed by atoms with E-state index in [0.717, 1.165) is 6.08 Å². The number of aliphatic hydroxyl groups is 2. The van der Waals surface area contributed by atoms with Gasteiger partial charge < -0.3 is 19.6 Å². The van der Waals surface area contributed by atoms with E-state index in [2.05, 4.69) is 0 Å². The zero-order valence-corrected chi connectivity index (χ0v) is 9.90. The van der Waals surface area contributed by atoms with Crippen molar-refractivity contribution in [1.29, 1.82) is 0 Å². The van der Waals surface area contributed by atoms with Crippen LogP contribution < -0.4 is 0 Å². The van der Waals surface area contributed by atoms with Gasteiger partial charge in [0.1, 0.15) is 18.5 Å². The predicted octanol–water partition coefficient (Wildman–Crippen LogP) is 0.173. The average molecular weight is 237 g/mol. The van der Waals surface area contributed by atoms with E-state index < -0.39 is 20.1 Å². The Labute approximate surface area is 88.6 Å². The summed E-state index contributed by atoms with van der Waals surface area (Å²) < 4.78 is 16.3. The lowest BCUT2D eigenvalue weighted by molar-refractivity contribution is -0.123. The Kier molecular flexibility index (Phi) is 5.57. The van der Waals surface area contributed by atoms with Crippen LogP contribution in [0.15, 0.2) is 11.8 Å². The summed E-state index contributed by atoms with van der Waals surface area (Å²) in [7, 11) is -0.333. The zero-order valence-electron chi connectivity index (χ0n) is 9.01. The molecule has 0 fully saturated rings. The van der Waals surface area contributed by atoms with Crippen LogP contribution >= 0.6 is 7.37 Å². The quantitative estimate of drug-likeness (QED) is 0.404. The molecule has 6 nitrogen and oxygen atoms in total. The third-order valence-corrected chi connectivity index (χ3v) is 2.99. The molecule has 0 saturated heterocycles. The van der Waals surface area contributed by atoms with Crippen molar-refractivity contribution in [2.24, 2.45) is 0 Å². The van der Waals surface area contributed by atoms with E-state index in [1.165, 1.54) is 11.8 Å². The van der Waals surface area contributed by atoms with Crippen LogP contribution in [0, 0.1) is 0 Å². The molecule has 0 unspecified atom stereocenters. The van der Waals surface area contributed by atoms with Crippen molar-refractivity contribution in [3.63, 3.8) is 0 Å². The molecule has 2 N–H and O–H groups in total. The molecule has 0 aliphatic heterocycles. The molecule has 0 atom stereocenters. The van der Waals surface area contributed by atoms with E-state index in [1.54, 1.807) is 14.1 Å². The Morgan fingerprint density at radius 2 is 1.87 bits per heavy atom. The molecular weight excluding hydrogens is 221 g/mol. The summed E-state index contributed by atoms with van der Waals surface area (Å²) in [4.78, 5) is 12.5. The Hall–Kier alpha value is -0.840. The van der Waals surface area contributed by atoms with Gasteiger partial charge >= 0.3 is 0 Å². The van der Waals surface area contributed by atoms with E-state index in [-0.39, 0.29) is 11.7 Å². The summed E-state index contributed by atoms with van der Waals surface area (Å²) >= 11 is 0. The molecule has 0 rings (SSSR count). The number of rotatable bonds is 5. The SMILES string of the molecule is CC(=CC(=O)N(C)C)OP(=O)(CO)CO. The first kappa shape index (κ1) is 14.2. The van der Waals surface area contributed by atoms with Gasteiger partial charge in [-0.15, -0.1) is 0 Å². The fourth-order valence-corrected chi connectivity index (χ4v) is 1.48. The van der Waals surface area contributed by atoms with E-state index in [4.69, 9.17) is 14.7 Å². The zero-order chi connectivity index (χ0) is 12.1. The first-order valence-corrected chi connectivity index (χ1v) is 6.23. The van der Waals surface area contributed by atoms with Crippen LogP contribution in [0.4, 0.5) is 0 Å².